The van der Waals surface area contributed by atoms with Crippen LogP contribution in [-0.4, -0.2) is 19.9 Å². The summed E-state index contributed by atoms with van der Waals surface area (Å²) in [7, 11) is 0. The minimum absolute atomic E-state index is 0.863. The normalized spacial score (nSPS) is 11.8. The molecule has 4 heteroatoms. The van der Waals surface area contributed by atoms with E-state index >= 15 is 0 Å². The number of H-pyrrole nitrogens is 1. The van der Waals surface area contributed by atoms with Crippen molar-refractivity contribution in [1.29, 1.82) is 0 Å². The molecule has 3 heterocycles. The van der Waals surface area contributed by atoms with Gasteiger partial charge in [0.1, 0.15) is 17.4 Å². The van der Waals surface area contributed by atoms with Crippen LogP contribution in [0.25, 0.3) is 43.6 Å². The minimum Gasteiger partial charge on any atom is -0.360 e. The maximum absolute atomic E-state index is 4.53. The van der Waals surface area contributed by atoms with Gasteiger partial charge in [0.2, 0.25) is 0 Å². The first-order valence-electron chi connectivity index (χ1n) is 6.81. The first-order valence-corrected chi connectivity index (χ1v) is 6.81. The number of fused-ring (bicyclic) bond motifs is 8. The molecule has 98 valence electrons. The van der Waals surface area contributed by atoms with E-state index in [0.29, 0.717) is 0 Å². The number of nitrogens with one attached hydrogen (secondary N) is 1. The zero-order valence-electron chi connectivity index (χ0n) is 11.0. The first kappa shape index (κ1) is 10.7. The van der Waals surface area contributed by atoms with Crippen molar-refractivity contribution < 1.29 is 0 Å². The molecule has 3 aromatic heterocycles. The summed E-state index contributed by atoms with van der Waals surface area (Å²) in [6.45, 7) is 0. The number of rotatable bonds is 0. The van der Waals surface area contributed by atoms with Crippen LogP contribution in [0.15, 0.2) is 55.1 Å². The molecule has 5 rings (SSSR count). The topological polar surface area (TPSA) is 54.5 Å². The lowest BCUT2D eigenvalue weighted by Crippen LogP contribution is -1.88. The molecule has 0 aliphatic carbocycles. The SMILES string of the molecule is c1ccc2c(c1)[nH]cc1c3ncnc3c3ncccc3c21. The van der Waals surface area contributed by atoms with Gasteiger partial charge in [0, 0.05) is 39.5 Å². The highest BCUT2D eigenvalue weighted by Crippen LogP contribution is 2.35. The van der Waals surface area contributed by atoms with Crippen molar-refractivity contribution in [3.8, 4) is 0 Å². The average Bonchev–Trinajstić information content (AvgIpc) is 3.04. The second-order valence-electron chi connectivity index (χ2n) is 5.09. The number of pyridine rings is 2. The van der Waals surface area contributed by atoms with Gasteiger partial charge in [-0.2, -0.15) is 0 Å². The third-order valence-corrected chi connectivity index (χ3v) is 3.99. The molecule has 0 radical (unpaired) electrons. The van der Waals surface area contributed by atoms with E-state index < -0.39 is 0 Å². The first-order chi connectivity index (χ1) is 10.4. The second-order valence-corrected chi connectivity index (χ2v) is 5.09. The van der Waals surface area contributed by atoms with Crippen LogP contribution in [0.3, 0.4) is 0 Å². The highest BCUT2D eigenvalue weighted by molar-refractivity contribution is 6.28. The Labute approximate surface area is 119 Å². The van der Waals surface area contributed by atoms with Crippen molar-refractivity contribution in [3.05, 3.63) is 55.1 Å². The third-order valence-electron chi connectivity index (χ3n) is 3.99. The fraction of sp³-hybridized carbons (Fsp3) is 0. The van der Waals surface area contributed by atoms with E-state index in [-0.39, 0.29) is 0 Å². The van der Waals surface area contributed by atoms with Gasteiger partial charge in [0.25, 0.3) is 0 Å². The Bertz CT molecular complexity index is 1140. The second kappa shape index (κ2) is 3.76. The third kappa shape index (κ3) is 1.31. The summed E-state index contributed by atoms with van der Waals surface area (Å²) < 4.78 is 0. The molecule has 0 bridgehead atoms. The Morgan fingerprint density at radius 3 is 2.52 bits per heavy atom. The van der Waals surface area contributed by atoms with Crippen LogP contribution in [0, 0.1) is 0 Å². The summed E-state index contributed by atoms with van der Waals surface area (Å²) in [4.78, 5) is 16.7. The Morgan fingerprint density at radius 2 is 1.52 bits per heavy atom. The van der Waals surface area contributed by atoms with Crippen LogP contribution < -0.4 is 0 Å². The fourth-order valence-electron chi connectivity index (χ4n) is 3.10. The van der Waals surface area contributed by atoms with Gasteiger partial charge in [0.15, 0.2) is 0 Å². The molecule has 0 unspecified atom stereocenters. The monoisotopic (exact) mass is 270 g/mol. The van der Waals surface area contributed by atoms with Gasteiger partial charge in [0.05, 0.1) is 5.52 Å². The van der Waals surface area contributed by atoms with Crippen molar-refractivity contribution in [3.63, 3.8) is 0 Å². The lowest BCUT2D eigenvalue weighted by atomic mass is 10.0. The number of para-hydroxylation sites is 1. The number of hydrogen-bond donors (Lipinski definition) is 1. The van der Waals surface area contributed by atoms with E-state index in [4.69, 9.17) is 0 Å². The van der Waals surface area contributed by atoms with Crippen molar-refractivity contribution in [2.24, 2.45) is 0 Å². The number of aromatic nitrogens is 4. The number of benzene rings is 2. The predicted molar refractivity (Wildman–Crippen MR) is 84.2 cm³/mol. The van der Waals surface area contributed by atoms with Gasteiger partial charge < -0.3 is 4.98 Å². The van der Waals surface area contributed by atoms with Gasteiger partial charge in [-0.25, -0.2) is 9.97 Å². The molecule has 0 spiro atoms. The molecule has 0 saturated heterocycles. The molecule has 2 aromatic carbocycles. The van der Waals surface area contributed by atoms with E-state index in [2.05, 4.69) is 44.2 Å². The van der Waals surface area contributed by atoms with E-state index in [0.717, 1.165) is 32.8 Å². The Balaban J connectivity index is 2.25. The zero-order valence-corrected chi connectivity index (χ0v) is 11.0. The average molecular weight is 270 g/mol. The molecule has 0 aliphatic rings. The highest BCUT2D eigenvalue weighted by Gasteiger charge is 2.13. The standard InChI is InChI=1S/C17H10N4/c1-2-6-13-10(4-1)14-11-5-3-7-18-15(11)17-16(20-9-21-17)12(14)8-19-13/h1-9,19H. The van der Waals surface area contributed by atoms with E-state index in [9.17, 15) is 0 Å². The molecule has 0 atom stereocenters. The van der Waals surface area contributed by atoms with Crippen LogP contribution in [0.2, 0.25) is 0 Å². The van der Waals surface area contributed by atoms with Crippen molar-refractivity contribution in [1.82, 2.24) is 19.9 Å². The Hall–Kier alpha value is -3.01. The van der Waals surface area contributed by atoms with Crippen molar-refractivity contribution in [2.75, 3.05) is 0 Å². The van der Waals surface area contributed by atoms with Crippen molar-refractivity contribution in [2.45, 2.75) is 0 Å². The van der Waals surface area contributed by atoms with E-state index in [1.54, 1.807) is 12.5 Å². The number of hydrogen-bond acceptors (Lipinski definition) is 3. The summed E-state index contributed by atoms with van der Waals surface area (Å²) in [6.07, 6.45) is 5.42. The smallest absolute Gasteiger partial charge is 0.117 e. The van der Waals surface area contributed by atoms with Crippen LogP contribution in [0.4, 0.5) is 0 Å². The molecule has 4 nitrogen and oxygen atoms in total. The lowest BCUT2D eigenvalue weighted by Gasteiger charge is -2.08. The van der Waals surface area contributed by atoms with Gasteiger partial charge in [-0.3, -0.25) is 4.98 Å². The Kier molecular flexibility index (Phi) is 1.92. The van der Waals surface area contributed by atoms with Crippen molar-refractivity contribution >= 4 is 43.6 Å². The van der Waals surface area contributed by atoms with Crippen LogP contribution in [-0.2, 0) is 0 Å². The van der Waals surface area contributed by atoms with Crippen LogP contribution in [0.5, 0.6) is 0 Å². The largest absolute Gasteiger partial charge is 0.360 e. The lowest BCUT2D eigenvalue weighted by molar-refractivity contribution is 1.34. The predicted octanol–water partition coefficient (Wildman–Crippen LogP) is 3.81. The number of aromatic amines is 1. The molecule has 0 saturated carbocycles. The van der Waals surface area contributed by atoms with Gasteiger partial charge >= 0.3 is 0 Å². The summed E-state index contributed by atoms with van der Waals surface area (Å²) in [5.41, 5.74) is 3.78. The Morgan fingerprint density at radius 1 is 0.714 bits per heavy atom. The number of nitrogens with zero attached hydrogens (tertiary/aromatic N) is 3. The minimum atomic E-state index is 0.863. The van der Waals surface area contributed by atoms with Gasteiger partial charge in [-0.1, -0.05) is 24.3 Å². The quantitative estimate of drug-likeness (QED) is 0.435. The highest BCUT2D eigenvalue weighted by atomic mass is 14.9. The molecule has 0 amide bonds. The fourth-order valence-corrected chi connectivity index (χ4v) is 3.10. The molecular weight excluding hydrogens is 260 g/mol. The molecule has 5 aromatic rings. The number of imidazole rings is 1. The molecule has 1 N–H and O–H groups in total. The molecule has 0 fully saturated rings. The molecular formula is C17H10N4. The van der Waals surface area contributed by atoms with Gasteiger partial charge in [-0.15, -0.1) is 0 Å². The molecule has 0 aliphatic heterocycles. The summed E-state index contributed by atoms with van der Waals surface area (Å²) in [5.74, 6) is 0. The summed E-state index contributed by atoms with van der Waals surface area (Å²) in [5, 5.41) is 4.56. The van der Waals surface area contributed by atoms with E-state index in [1.165, 1.54) is 10.8 Å². The molecule has 21 heavy (non-hydrogen) atoms. The van der Waals surface area contributed by atoms with Crippen LogP contribution >= 0.6 is 0 Å². The van der Waals surface area contributed by atoms with Crippen LogP contribution in [0.1, 0.15) is 0 Å². The maximum Gasteiger partial charge on any atom is 0.117 e. The van der Waals surface area contributed by atoms with Gasteiger partial charge in [-0.05, 0) is 12.1 Å². The maximum atomic E-state index is 4.53. The summed E-state index contributed by atoms with van der Waals surface area (Å²) in [6, 6.07) is 12.4. The zero-order chi connectivity index (χ0) is 13.8. The summed E-state index contributed by atoms with van der Waals surface area (Å²) >= 11 is 0. The van der Waals surface area contributed by atoms with E-state index in [1.807, 2.05) is 18.3 Å².